The van der Waals surface area contributed by atoms with Gasteiger partial charge in [0.2, 0.25) is 5.82 Å². The Kier molecular flexibility index (Phi) is 3.44. The molecule has 0 radical (unpaired) electrons. The van der Waals surface area contributed by atoms with Crippen molar-refractivity contribution in [3.05, 3.63) is 28.0 Å². The maximum atomic E-state index is 12.8. The summed E-state index contributed by atoms with van der Waals surface area (Å²) in [6.07, 6.45) is -4.55. The summed E-state index contributed by atoms with van der Waals surface area (Å²) in [5.41, 5.74) is 5.73. The SMILES string of the molecule is NCCn1c(C(F)(F)F)nc2cc(Cl)c(Cl)cc21. The van der Waals surface area contributed by atoms with Gasteiger partial charge in [-0.3, -0.25) is 0 Å². The smallest absolute Gasteiger partial charge is 0.329 e. The largest absolute Gasteiger partial charge is 0.449 e. The van der Waals surface area contributed by atoms with E-state index in [2.05, 4.69) is 4.98 Å². The zero-order valence-corrected chi connectivity index (χ0v) is 10.4. The van der Waals surface area contributed by atoms with Crippen molar-refractivity contribution in [1.82, 2.24) is 9.55 Å². The molecule has 0 aliphatic heterocycles. The first kappa shape index (κ1) is 13.5. The van der Waals surface area contributed by atoms with E-state index in [0.29, 0.717) is 0 Å². The van der Waals surface area contributed by atoms with E-state index in [1.807, 2.05) is 0 Å². The van der Waals surface area contributed by atoms with Gasteiger partial charge in [0, 0.05) is 13.1 Å². The van der Waals surface area contributed by atoms with E-state index in [0.717, 1.165) is 4.57 Å². The van der Waals surface area contributed by atoms with Crippen LogP contribution in [-0.2, 0) is 12.7 Å². The third kappa shape index (κ3) is 2.28. The van der Waals surface area contributed by atoms with E-state index in [1.54, 1.807) is 0 Å². The Hall–Kier alpha value is -0.980. The lowest BCUT2D eigenvalue weighted by Gasteiger charge is -2.10. The van der Waals surface area contributed by atoms with Gasteiger partial charge in [-0.25, -0.2) is 4.98 Å². The first-order chi connectivity index (χ1) is 8.34. The number of imidazole rings is 1. The number of hydrogen-bond donors (Lipinski definition) is 1. The van der Waals surface area contributed by atoms with Crippen molar-refractivity contribution in [3.63, 3.8) is 0 Å². The molecule has 0 bridgehead atoms. The lowest BCUT2D eigenvalue weighted by atomic mass is 10.3. The van der Waals surface area contributed by atoms with Crippen LogP contribution in [0, 0.1) is 0 Å². The molecule has 0 saturated heterocycles. The molecule has 0 saturated carbocycles. The molecule has 0 amide bonds. The van der Waals surface area contributed by atoms with Crippen molar-refractivity contribution in [2.45, 2.75) is 12.7 Å². The molecule has 3 nitrogen and oxygen atoms in total. The van der Waals surface area contributed by atoms with Gasteiger partial charge in [-0.1, -0.05) is 23.2 Å². The number of alkyl halides is 3. The van der Waals surface area contributed by atoms with Crippen LogP contribution in [0.15, 0.2) is 12.1 Å². The Bertz CT molecular complexity index is 592. The van der Waals surface area contributed by atoms with Gasteiger partial charge in [-0.2, -0.15) is 13.2 Å². The van der Waals surface area contributed by atoms with Gasteiger partial charge in [0.05, 0.1) is 21.1 Å². The molecule has 1 aromatic carbocycles. The second-order valence-corrected chi connectivity index (χ2v) is 4.44. The predicted octanol–water partition coefficient (Wildman–Crippen LogP) is 3.32. The summed E-state index contributed by atoms with van der Waals surface area (Å²) in [5.74, 6) is -0.999. The molecule has 1 heterocycles. The van der Waals surface area contributed by atoms with Gasteiger partial charge in [0.15, 0.2) is 0 Å². The van der Waals surface area contributed by atoms with Crippen molar-refractivity contribution >= 4 is 34.2 Å². The Labute approximate surface area is 110 Å². The van der Waals surface area contributed by atoms with Gasteiger partial charge >= 0.3 is 6.18 Å². The third-order valence-corrected chi connectivity index (χ3v) is 3.12. The van der Waals surface area contributed by atoms with Crippen molar-refractivity contribution < 1.29 is 13.2 Å². The summed E-state index contributed by atoms with van der Waals surface area (Å²) >= 11 is 11.6. The number of hydrogen-bond acceptors (Lipinski definition) is 2. The van der Waals surface area contributed by atoms with E-state index in [-0.39, 0.29) is 34.2 Å². The fraction of sp³-hybridized carbons (Fsp3) is 0.300. The number of halogens is 5. The summed E-state index contributed by atoms with van der Waals surface area (Å²) in [4.78, 5) is 3.54. The first-order valence-corrected chi connectivity index (χ1v) is 5.72. The second-order valence-electron chi connectivity index (χ2n) is 3.63. The highest BCUT2D eigenvalue weighted by Gasteiger charge is 2.37. The number of benzene rings is 1. The van der Waals surface area contributed by atoms with Crippen LogP contribution in [-0.4, -0.2) is 16.1 Å². The Morgan fingerprint density at radius 2 is 1.83 bits per heavy atom. The van der Waals surface area contributed by atoms with Crippen molar-refractivity contribution in [1.29, 1.82) is 0 Å². The van der Waals surface area contributed by atoms with Gasteiger partial charge in [0.1, 0.15) is 0 Å². The van der Waals surface area contributed by atoms with Gasteiger partial charge in [-0.15, -0.1) is 0 Å². The zero-order valence-electron chi connectivity index (χ0n) is 8.93. The number of fused-ring (bicyclic) bond motifs is 1. The summed E-state index contributed by atoms with van der Waals surface area (Å²) in [6.45, 7) is 0.0675. The van der Waals surface area contributed by atoms with E-state index >= 15 is 0 Å². The highest BCUT2D eigenvalue weighted by Crippen LogP contribution is 2.34. The summed E-state index contributed by atoms with van der Waals surface area (Å²) < 4.78 is 39.5. The molecule has 18 heavy (non-hydrogen) atoms. The molecule has 2 rings (SSSR count). The molecule has 0 spiro atoms. The molecule has 2 N–H and O–H groups in total. The minimum atomic E-state index is -4.55. The van der Waals surface area contributed by atoms with E-state index in [4.69, 9.17) is 28.9 Å². The quantitative estimate of drug-likeness (QED) is 0.924. The van der Waals surface area contributed by atoms with Crippen LogP contribution in [0.2, 0.25) is 10.0 Å². The van der Waals surface area contributed by atoms with Crippen LogP contribution < -0.4 is 5.73 Å². The first-order valence-electron chi connectivity index (χ1n) is 4.97. The standard InChI is InChI=1S/C10H8Cl2F3N3/c11-5-3-7-8(4-6(5)12)18(2-1-16)9(17-7)10(13,14)15/h3-4H,1-2,16H2. The Balaban J connectivity index is 2.75. The van der Waals surface area contributed by atoms with E-state index < -0.39 is 12.0 Å². The third-order valence-electron chi connectivity index (χ3n) is 2.40. The molecule has 8 heteroatoms. The minimum absolute atomic E-state index is 0.00328. The number of aromatic nitrogens is 2. The highest BCUT2D eigenvalue weighted by molar-refractivity contribution is 6.42. The average molecular weight is 298 g/mol. The second kappa shape index (κ2) is 4.60. The monoisotopic (exact) mass is 297 g/mol. The Morgan fingerprint density at radius 3 is 2.39 bits per heavy atom. The molecule has 1 aromatic heterocycles. The lowest BCUT2D eigenvalue weighted by Crippen LogP contribution is -2.18. The van der Waals surface area contributed by atoms with Gasteiger partial charge < -0.3 is 10.3 Å². The fourth-order valence-corrected chi connectivity index (χ4v) is 2.01. The molecule has 0 aliphatic carbocycles. The number of rotatable bonds is 2. The molecule has 0 atom stereocenters. The molecule has 0 fully saturated rings. The maximum absolute atomic E-state index is 12.8. The normalized spacial score (nSPS) is 12.3. The van der Waals surface area contributed by atoms with E-state index in [1.165, 1.54) is 12.1 Å². The van der Waals surface area contributed by atoms with Gasteiger partial charge in [-0.05, 0) is 12.1 Å². The van der Waals surface area contributed by atoms with Crippen molar-refractivity contribution in [2.75, 3.05) is 6.54 Å². The molecule has 2 aromatic rings. The molecule has 0 aliphatic rings. The molecular weight excluding hydrogens is 290 g/mol. The topological polar surface area (TPSA) is 43.8 Å². The minimum Gasteiger partial charge on any atom is -0.329 e. The van der Waals surface area contributed by atoms with Crippen LogP contribution in [0.3, 0.4) is 0 Å². The van der Waals surface area contributed by atoms with E-state index in [9.17, 15) is 13.2 Å². The average Bonchev–Trinajstić information content (AvgIpc) is 2.58. The summed E-state index contributed by atoms with van der Waals surface area (Å²) in [6, 6.07) is 2.67. The summed E-state index contributed by atoms with van der Waals surface area (Å²) in [7, 11) is 0. The zero-order chi connectivity index (χ0) is 13.5. The lowest BCUT2D eigenvalue weighted by molar-refractivity contribution is -0.146. The van der Waals surface area contributed by atoms with Crippen molar-refractivity contribution in [2.24, 2.45) is 5.73 Å². The Morgan fingerprint density at radius 1 is 1.22 bits per heavy atom. The molecule has 0 unspecified atom stereocenters. The molecule has 98 valence electrons. The van der Waals surface area contributed by atoms with Crippen molar-refractivity contribution in [3.8, 4) is 0 Å². The number of nitrogens with two attached hydrogens (primary N) is 1. The van der Waals surface area contributed by atoms with Crippen LogP contribution in [0.5, 0.6) is 0 Å². The summed E-state index contributed by atoms with van der Waals surface area (Å²) in [5, 5.41) is 0.339. The van der Waals surface area contributed by atoms with Gasteiger partial charge in [0.25, 0.3) is 0 Å². The van der Waals surface area contributed by atoms with Crippen LogP contribution in [0.4, 0.5) is 13.2 Å². The van der Waals surface area contributed by atoms with Crippen LogP contribution in [0.1, 0.15) is 5.82 Å². The molecular formula is C10H8Cl2F3N3. The number of nitrogens with zero attached hydrogens (tertiary/aromatic N) is 2. The van der Waals surface area contributed by atoms with Crippen LogP contribution >= 0.6 is 23.2 Å². The van der Waals surface area contributed by atoms with Crippen LogP contribution in [0.25, 0.3) is 11.0 Å². The fourth-order valence-electron chi connectivity index (χ4n) is 1.69. The maximum Gasteiger partial charge on any atom is 0.449 e. The highest BCUT2D eigenvalue weighted by atomic mass is 35.5. The predicted molar refractivity (Wildman–Crippen MR) is 63.8 cm³/mol.